The fourth-order valence-electron chi connectivity index (χ4n) is 3.42. The third-order valence-electron chi connectivity index (χ3n) is 5.07. The van der Waals surface area contributed by atoms with Crippen LogP contribution in [0.5, 0.6) is 5.75 Å². The summed E-state index contributed by atoms with van der Waals surface area (Å²) in [5.74, 6) is 0.231. The van der Waals surface area contributed by atoms with Crippen LogP contribution in [0.4, 0.5) is 17.1 Å². The second-order valence-corrected chi connectivity index (χ2v) is 8.87. The van der Waals surface area contributed by atoms with Crippen LogP contribution in [0.25, 0.3) is 10.8 Å². The van der Waals surface area contributed by atoms with E-state index in [1.807, 2.05) is 0 Å². The molecule has 34 heavy (non-hydrogen) atoms. The monoisotopic (exact) mass is 479 g/mol. The molecular formula is C24H21N3O6S. The molecule has 4 N–H and O–H groups in total. The van der Waals surface area contributed by atoms with Crippen LogP contribution in [0.1, 0.15) is 10.4 Å². The summed E-state index contributed by atoms with van der Waals surface area (Å²) in [4.78, 5) is 16.7. The Kier molecular flexibility index (Phi) is 6.64. The predicted octanol–water partition coefficient (Wildman–Crippen LogP) is 4.72. The number of methoxy groups -OCH3 is 1. The number of hydrogen-bond donors (Lipinski definition) is 4. The van der Waals surface area contributed by atoms with E-state index in [0.717, 1.165) is 0 Å². The minimum Gasteiger partial charge on any atom is -0.497 e. The first-order valence-corrected chi connectivity index (χ1v) is 11.6. The zero-order valence-corrected chi connectivity index (χ0v) is 18.8. The summed E-state index contributed by atoms with van der Waals surface area (Å²) in [5.41, 5.74) is 3.93. The van der Waals surface area contributed by atoms with Crippen molar-refractivity contribution in [1.29, 1.82) is 0 Å². The van der Waals surface area contributed by atoms with Crippen LogP contribution < -0.4 is 20.3 Å². The molecule has 4 aromatic rings. The van der Waals surface area contributed by atoms with Gasteiger partial charge in [-0.2, -0.15) is 0 Å². The minimum absolute atomic E-state index is 0.0800. The van der Waals surface area contributed by atoms with Gasteiger partial charge in [0.25, 0.3) is 15.9 Å². The summed E-state index contributed by atoms with van der Waals surface area (Å²) < 4.78 is 34.0. The van der Waals surface area contributed by atoms with Gasteiger partial charge in [-0.05, 0) is 60.7 Å². The second kappa shape index (κ2) is 9.79. The number of nitrogens with one attached hydrogen (secondary N) is 3. The Morgan fingerprint density at radius 2 is 1.47 bits per heavy atom. The molecular weight excluding hydrogens is 458 g/mol. The van der Waals surface area contributed by atoms with E-state index in [1.54, 1.807) is 78.9 Å². The van der Waals surface area contributed by atoms with Crippen molar-refractivity contribution in [3.05, 3.63) is 90.5 Å². The molecule has 0 heterocycles. The van der Waals surface area contributed by atoms with E-state index < -0.39 is 10.0 Å². The molecule has 1 amide bonds. The number of sulfonamides is 1. The van der Waals surface area contributed by atoms with Crippen molar-refractivity contribution in [2.24, 2.45) is 0 Å². The Morgan fingerprint density at radius 3 is 2.12 bits per heavy atom. The lowest BCUT2D eigenvalue weighted by atomic mass is 10.1. The van der Waals surface area contributed by atoms with Gasteiger partial charge >= 0.3 is 0 Å². The summed E-state index contributed by atoms with van der Waals surface area (Å²) in [6.45, 7) is 0. The van der Waals surface area contributed by atoms with Gasteiger partial charge in [0.2, 0.25) is 0 Å². The molecule has 0 spiro atoms. The first-order chi connectivity index (χ1) is 16.4. The number of carbonyl (C=O) groups is 1. The Hall–Kier alpha value is -4.12. The van der Waals surface area contributed by atoms with Crippen LogP contribution in [0, 0.1) is 0 Å². The Bertz CT molecular complexity index is 1420. The molecule has 4 aromatic carbocycles. The van der Waals surface area contributed by atoms with Gasteiger partial charge in [-0.3, -0.25) is 9.52 Å². The van der Waals surface area contributed by atoms with E-state index in [4.69, 9.17) is 9.99 Å². The van der Waals surface area contributed by atoms with Gasteiger partial charge in [0.1, 0.15) is 5.75 Å². The highest BCUT2D eigenvalue weighted by Crippen LogP contribution is 2.31. The van der Waals surface area contributed by atoms with Crippen molar-refractivity contribution in [1.82, 2.24) is 0 Å². The molecule has 9 nitrogen and oxygen atoms in total. The van der Waals surface area contributed by atoms with Crippen LogP contribution in [0.2, 0.25) is 0 Å². The highest BCUT2D eigenvalue weighted by atomic mass is 32.2. The van der Waals surface area contributed by atoms with E-state index in [-0.39, 0.29) is 10.8 Å². The van der Waals surface area contributed by atoms with Crippen molar-refractivity contribution >= 4 is 43.8 Å². The number of rotatable bonds is 8. The standard InChI is InChI=1S/C24H21N3O6S/c1-32-19-12-10-18(11-13-19)27-34(30,31)23-15-14-22(20-4-2-3-5-21(20)23)25-24(28)16-6-8-17(9-7-16)26-33-29/h2-15,26-27,29H,1H3,(H,25,28). The van der Waals surface area contributed by atoms with Crippen molar-refractivity contribution < 1.29 is 28.2 Å². The summed E-state index contributed by atoms with van der Waals surface area (Å²) >= 11 is 0. The molecule has 0 unspecified atom stereocenters. The number of carbonyl (C=O) groups excluding carboxylic acids is 1. The molecule has 0 saturated heterocycles. The van der Waals surface area contributed by atoms with E-state index in [1.165, 1.54) is 13.2 Å². The molecule has 4 rings (SSSR count). The number of anilines is 3. The lowest BCUT2D eigenvalue weighted by Gasteiger charge is -2.14. The SMILES string of the molecule is COc1ccc(NS(=O)(=O)c2ccc(NC(=O)c3ccc(NOO)cc3)c3ccccc23)cc1. The largest absolute Gasteiger partial charge is 0.497 e. The van der Waals surface area contributed by atoms with Crippen molar-refractivity contribution in [3.63, 3.8) is 0 Å². The van der Waals surface area contributed by atoms with Gasteiger partial charge in [-0.15, -0.1) is 4.99 Å². The van der Waals surface area contributed by atoms with Gasteiger partial charge < -0.3 is 10.1 Å². The maximum absolute atomic E-state index is 13.1. The molecule has 0 aliphatic heterocycles. The first kappa shape index (κ1) is 23.1. The van der Waals surface area contributed by atoms with Crippen molar-refractivity contribution in [2.75, 3.05) is 22.6 Å². The molecule has 0 radical (unpaired) electrons. The van der Waals surface area contributed by atoms with Gasteiger partial charge in [0.15, 0.2) is 0 Å². The van der Waals surface area contributed by atoms with Gasteiger partial charge in [-0.25, -0.2) is 19.2 Å². The van der Waals surface area contributed by atoms with Gasteiger partial charge in [0.05, 0.1) is 17.7 Å². The fraction of sp³-hybridized carbons (Fsp3) is 0.0417. The van der Waals surface area contributed by atoms with Gasteiger partial charge in [-0.1, -0.05) is 24.3 Å². The highest BCUT2D eigenvalue weighted by molar-refractivity contribution is 7.93. The van der Waals surface area contributed by atoms with Crippen molar-refractivity contribution in [3.8, 4) is 5.75 Å². The van der Waals surface area contributed by atoms with E-state index >= 15 is 0 Å². The lowest BCUT2D eigenvalue weighted by Crippen LogP contribution is -2.15. The molecule has 0 fully saturated rings. The maximum atomic E-state index is 13.1. The van der Waals surface area contributed by atoms with E-state index in [0.29, 0.717) is 39.1 Å². The summed E-state index contributed by atoms with van der Waals surface area (Å²) in [6.07, 6.45) is 0. The predicted molar refractivity (Wildman–Crippen MR) is 129 cm³/mol. The number of benzene rings is 4. The quantitative estimate of drug-likeness (QED) is 0.213. The number of ether oxygens (including phenoxy) is 1. The Balaban J connectivity index is 1.63. The molecule has 10 heteroatoms. The lowest BCUT2D eigenvalue weighted by molar-refractivity contribution is -0.215. The van der Waals surface area contributed by atoms with Gasteiger partial charge in [0, 0.05) is 27.7 Å². The first-order valence-electron chi connectivity index (χ1n) is 10.1. The molecule has 0 aliphatic rings. The van der Waals surface area contributed by atoms with Crippen molar-refractivity contribution in [2.45, 2.75) is 4.90 Å². The third-order valence-corrected chi connectivity index (χ3v) is 6.51. The summed E-state index contributed by atoms with van der Waals surface area (Å²) in [7, 11) is -2.38. The van der Waals surface area contributed by atoms with Crippen LogP contribution in [-0.4, -0.2) is 26.7 Å². The van der Waals surface area contributed by atoms with E-state index in [9.17, 15) is 13.2 Å². The normalized spacial score (nSPS) is 11.1. The zero-order valence-electron chi connectivity index (χ0n) is 18.0. The highest BCUT2D eigenvalue weighted by Gasteiger charge is 2.20. The average Bonchev–Trinajstić information content (AvgIpc) is 2.85. The maximum Gasteiger partial charge on any atom is 0.262 e. The van der Waals surface area contributed by atoms with Crippen LogP contribution in [0.15, 0.2) is 89.8 Å². The summed E-state index contributed by atoms with van der Waals surface area (Å²) in [6, 6.07) is 22.7. The zero-order chi connectivity index (χ0) is 24.1. The minimum atomic E-state index is -3.91. The smallest absolute Gasteiger partial charge is 0.262 e. The third kappa shape index (κ3) is 4.94. The molecule has 0 aliphatic carbocycles. The number of hydrogen-bond acceptors (Lipinski definition) is 7. The molecule has 0 aromatic heterocycles. The molecule has 174 valence electrons. The fourth-order valence-corrected chi connectivity index (χ4v) is 4.69. The summed E-state index contributed by atoms with van der Waals surface area (Å²) in [5, 5.41) is 12.3. The second-order valence-electron chi connectivity index (χ2n) is 7.22. The Labute approximate surface area is 195 Å². The number of fused-ring (bicyclic) bond motifs is 1. The van der Waals surface area contributed by atoms with Crippen LogP contribution >= 0.6 is 0 Å². The topological polar surface area (TPSA) is 126 Å². The number of amides is 1. The molecule has 0 saturated carbocycles. The van der Waals surface area contributed by atoms with Crippen LogP contribution in [-0.2, 0) is 15.0 Å². The molecule has 0 atom stereocenters. The molecule has 0 bridgehead atoms. The van der Waals surface area contributed by atoms with E-state index in [2.05, 4.69) is 20.5 Å². The average molecular weight is 480 g/mol. The Morgan fingerprint density at radius 1 is 0.824 bits per heavy atom. The van der Waals surface area contributed by atoms with Crippen LogP contribution in [0.3, 0.4) is 0 Å².